The zero-order valence-electron chi connectivity index (χ0n) is 24.0. The van der Waals surface area contributed by atoms with Crippen molar-refractivity contribution in [2.45, 2.75) is 65.2 Å². The van der Waals surface area contributed by atoms with Crippen molar-refractivity contribution < 1.29 is 24.2 Å². The maximum Gasteiger partial charge on any atom is 0.311 e. The van der Waals surface area contributed by atoms with Gasteiger partial charge in [-0.25, -0.2) is 0 Å². The number of rotatable bonds is 12. The molecule has 0 bridgehead atoms. The molecule has 1 aliphatic rings. The number of anilines is 1. The van der Waals surface area contributed by atoms with E-state index in [1.807, 2.05) is 45.2 Å². The summed E-state index contributed by atoms with van der Waals surface area (Å²) in [6.45, 7) is 3.71. The molecule has 1 heterocycles. The minimum atomic E-state index is -0.983. The Hall–Kier alpha value is -3.81. The van der Waals surface area contributed by atoms with Crippen molar-refractivity contribution in [3.63, 3.8) is 0 Å². The molecule has 0 radical (unpaired) electrons. The van der Waals surface area contributed by atoms with Crippen LogP contribution in [0, 0.1) is 11.3 Å². The highest BCUT2D eigenvalue weighted by molar-refractivity contribution is 5.96. The van der Waals surface area contributed by atoms with Crippen molar-refractivity contribution in [3.05, 3.63) is 59.3 Å². The lowest BCUT2D eigenvalue weighted by Gasteiger charge is -2.26. The van der Waals surface area contributed by atoms with Gasteiger partial charge < -0.3 is 25.0 Å². The van der Waals surface area contributed by atoms with Gasteiger partial charge in [-0.05, 0) is 73.1 Å². The summed E-state index contributed by atoms with van der Waals surface area (Å²) in [6, 6.07) is 11.3. The fourth-order valence-corrected chi connectivity index (χ4v) is 5.85. The molecule has 2 aromatic carbocycles. The van der Waals surface area contributed by atoms with E-state index < -0.39 is 11.4 Å². The molecule has 1 aromatic heterocycles. The van der Waals surface area contributed by atoms with Gasteiger partial charge in [-0.3, -0.25) is 14.4 Å². The van der Waals surface area contributed by atoms with Crippen LogP contribution in [0.3, 0.4) is 0 Å². The Morgan fingerprint density at radius 1 is 1.05 bits per heavy atom. The number of ether oxygens (including phenoxy) is 1. The maximum atomic E-state index is 12.9. The summed E-state index contributed by atoms with van der Waals surface area (Å²) in [6.07, 6.45) is 8.80. The first kappa shape index (κ1) is 29.2. The van der Waals surface area contributed by atoms with Gasteiger partial charge in [-0.15, -0.1) is 0 Å². The molecular formula is C32H41N3O5. The average molecular weight is 548 g/mol. The third-order valence-corrected chi connectivity index (χ3v) is 8.63. The van der Waals surface area contributed by atoms with E-state index in [0.717, 1.165) is 40.6 Å². The van der Waals surface area contributed by atoms with Crippen LogP contribution in [0.2, 0.25) is 0 Å². The number of carbonyl (C=O) groups excluding carboxylic acids is 2. The number of carbonyl (C=O) groups is 3. The third-order valence-electron chi connectivity index (χ3n) is 8.63. The van der Waals surface area contributed by atoms with Crippen molar-refractivity contribution in [1.82, 2.24) is 9.88 Å². The van der Waals surface area contributed by atoms with E-state index in [0.29, 0.717) is 42.9 Å². The fourth-order valence-electron chi connectivity index (χ4n) is 5.85. The molecular weight excluding hydrogens is 506 g/mol. The number of aromatic nitrogens is 1. The predicted octanol–water partition coefficient (Wildman–Crippen LogP) is 5.92. The summed E-state index contributed by atoms with van der Waals surface area (Å²) in [5.41, 5.74) is 3.28. The minimum absolute atomic E-state index is 0.0633. The number of aryl methyl sites for hydroxylation is 1. The van der Waals surface area contributed by atoms with Crippen LogP contribution < -0.4 is 15.4 Å². The van der Waals surface area contributed by atoms with E-state index in [1.54, 1.807) is 19.2 Å². The first-order valence-electron chi connectivity index (χ1n) is 14.3. The van der Waals surface area contributed by atoms with E-state index >= 15 is 0 Å². The highest BCUT2D eigenvalue weighted by atomic mass is 16.5. The molecule has 0 unspecified atom stereocenters. The quantitative estimate of drug-likeness (QED) is 0.261. The van der Waals surface area contributed by atoms with Crippen molar-refractivity contribution in [1.29, 1.82) is 0 Å². The summed E-state index contributed by atoms with van der Waals surface area (Å²) in [5, 5.41) is 16.6. The van der Waals surface area contributed by atoms with Gasteiger partial charge in [0.15, 0.2) is 0 Å². The van der Waals surface area contributed by atoms with E-state index in [1.165, 1.54) is 12.8 Å². The number of hydrogen-bond acceptors (Lipinski definition) is 4. The number of benzene rings is 2. The Balaban J connectivity index is 1.51. The zero-order chi connectivity index (χ0) is 28.9. The van der Waals surface area contributed by atoms with Crippen molar-refractivity contribution in [3.8, 4) is 5.75 Å². The maximum absolute atomic E-state index is 12.9. The van der Waals surface area contributed by atoms with E-state index in [-0.39, 0.29) is 18.4 Å². The Labute approximate surface area is 236 Å². The van der Waals surface area contributed by atoms with Gasteiger partial charge in [0.1, 0.15) is 5.75 Å². The second-order valence-electron chi connectivity index (χ2n) is 11.1. The number of carboxylic acid groups (broad SMARTS) is 1. The summed E-state index contributed by atoms with van der Waals surface area (Å²) in [5.74, 6) is -0.0942. The molecule has 0 atom stereocenters. The zero-order valence-corrected chi connectivity index (χ0v) is 24.0. The van der Waals surface area contributed by atoms with Crippen LogP contribution in [0.1, 0.15) is 80.3 Å². The van der Waals surface area contributed by atoms with E-state index in [2.05, 4.69) is 21.4 Å². The van der Waals surface area contributed by atoms with E-state index in [4.69, 9.17) is 4.74 Å². The van der Waals surface area contributed by atoms with Crippen molar-refractivity contribution >= 4 is 34.4 Å². The number of amides is 2. The molecule has 8 nitrogen and oxygen atoms in total. The molecule has 4 rings (SSSR count). The molecule has 214 valence electrons. The van der Waals surface area contributed by atoms with Gasteiger partial charge in [-0.2, -0.15) is 0 Å². The number of nitrogens with one attached hydrogen (secondary N) is 2. The predicted molar refractivity (Wildman–Crippen MR) is 157 cm³/mol. The van der Waals surface area contributed by atoms with E-state index in [9.17, 15) is 19.5 Å². The summed E-state index contributed by atoms with van der Waals surface area (Å²) in [4.78, 5) is 37.3. The first-order chi connectivity index (χ1) is 19.2. The molecule has 0 spiro atoms. The Kier molecular flexibility index (Phi) is 9.17. The van der Waals surface area contributed by atoms with Gasteiger partial charge in [-0.1, -0.05) is 32.8 Å². The van der Waals surface area contributed by atoms with Crippen LogP contribution >= 0.6 is 0 Å². The average Bonchev–Trinajstić information content (AvgIpc) is 3.56. The number of aliphatic carboxylic acids is 1. The number of nitrogens with zero attached hydrogens (tertiary/aromatic N) is 1. The van der Waals surface area contributed by atoms with Crippen LogP contribution in [-0.4, -0.2) is 41.1 Å². The number of methoxy groups -OCH3 is 1. The summed E-state index contributed by atoms with van der Waals surface area (Å²) >= 11 is 0. The number of fused-ring (bicyclic) bond motifs is 1. The van der Waals surface area contributed by atoms with Gasteiger partial charge in [0.2, 0.25) is 5.91 Å². The molecule has 1 saturated carbocycles. The summed E-state index contributed by atoms with van der Waals surface area (Å²) in [7, 11) is 3.57. The fraction of sp³-hybridized carbons (Fsp3) is 0.469. The van der Waals surface area contributed by atoms with Crippen LogP contribution in [-0.2, 0) is 23.1 Å². The van der Waals surface area contributed by atoms with Crippen LogP contribution in [0.25, 0.3) is 10.9 Å². The largest absolute Gasteiger partial charge is 0.496 e. The molecule has 0 saturated heterocycles. The lowest BCUT2D eigenvalue weighted by molar-refractivity contribution is -0.149. The van der Waals surface area contributed by atoms with Crippen LogP contribution in [0.15, 0.2) is 42.6 Å². The first-order valence-corrected chi connectivity index (χ1v) is 14.3. The van der Waals surface area contributed by atoms with Crippen LogP contribution in [0.4, 0.5) is 5.69 Å². The molecule has 0 aliphatic heterocycles. The molecule has 2 amide bonds. The van der Waals surface area contributed by atoms with Gasteiger partial charge >= 0.3 is 5.97 Å². The molecule has 3 N–H and O–H groups in total. The Morgan fingerprint density at radius 2 is 1.77 bits per heavy atom. The summed E-state index contributed by atoms with van der Waals surface area (Å²) < 4.78 is 7.72. The normalized spacial score (nSPS) is 13.9. The Bertz CT molecular complexity index is 1380. The van der Waals surface area contributed by atoms with Crippen LogP contribution in [0.5, 0.6) is 5.75 Å². The van der Waals surface area contributed by atoms with Gasteiger partial charge in [0.05, 0.1) is 12.5 Å². The molecule has 8 heteroatoms. The molecule has 3 aromatic rings. The van der Waals surface area contributed by atoms with Crippen molar-refractivity contribution in [2.24, 2.45) is 18.4 Å². The topological polar surface area (TPSA) is 110 Å². The standard InChI is InChI=1S/C32H41N3O5/c1-5-32(6-2,31(38)39)20-33-30(37)23-12-11-22(28(17-23)40-4)16-24-19-35(3)27-14-13-25(18-26(24)27)34-29(36)15-21-9-7-8-10-21/h11-14,17-19,21H,5-10,15-16,20H2,1-4H3,(H,33,37)(H,34,36)(H,38,39). The Morgan fingerprint density at radius 3 is 2.42 bits per heavy atom. The minimum Gasteiger partial charge on any atom is -0.496 e. The van der Waals surface area contributed by atoms with Gasteiger partial charge in [0, 0.05) is 54.8 Å². The third kappa shape index (κ3) is 6.32. The lowest BCUT2D eigenvalue weighted by atomic mass is 9.82. The number of carboxylic acids is 1. The molecule has 40 heavy (non-hydrogen) atoms. The highest BCUT2D eigenvalue weighted by Crippen LogP contribution is 2.31. The SMILES string of the molecule is CCC(CC)(CNC(=O)c1ccc(Cc2cn(C)c3ccc(NC(=O)CC4CCCC4)cc23)c(OC)c1)C(=O)O. The highest BCUT2D eigenvalue weighted by Gasteiger charge is 2.35. The monoisotopic (exact) mass is 547 g/mol. The second kappa shape index (κ2) is 12.6. The second-order valence-corrected chi connectivity index (χ2v) is 11.1. The molecule has 1 aliphatic carbocycles. The number of hydrogen-bond donors (Lipinski definition) is 3. The van der Waals surface area contributed by atoms with Crippen molar-refractivity contribution in [2.75, 3.05) is 19.0 Å². The molecule has 1 fully saturated rings. The van der Waals surface area contributed by atoms with Gasteiger partial charge in [0.25, 0.3) is 5.91 Å². The lowest BCUT2D eigenvalue weighted by Crippen LogP contribution is -2.42. The smallest absolute Gasteiger partial charge is 0.311 e.